The first-order valence-electron chi connectivity index (χ1n) is 4.91. The van der Waals surface area contributed by atoms with Gasteiger partial charge in [-0.3, -0.25) is 0 Å². The quantitative estimate of drug-likeness (QED) is 0.789. The monoisotopic (exact) mass is 197 g/mol. The molecule has 1 unspecified atom stereocenters. The zero-order valence-electron chi connectivity index (χ0n) is 8.71. The highest BCUT2D eigenvalue weighted by Gasteiger charge is 2.04. The third-order valence-corrected chi connectivity index (χ3v) is 2.98. The second-order valence-corrected chi connectivity index (χ2v) is 5.40. The maximum Gasteiger partial charge on any atom is 0.00634 e. The summed E-state index contributed by atoms with van der Waals surface area (Å²) in [6, 6.07) is 4.74. The van der Waals surface area contributed by atoms with Crippen LogP contribution in [0.4, 0.5) is 0 Å². The molecule has 13 heavy (non-hydrogen) atoms. The number of hydrogen-bond acceptors (Lipinski definition) is 2. The Morgan fingerprint density at radius 2 is 1.69 bits per heavy atom. The van der Waals surface area contributed by atoms with Gasteiger partial charge in [-0.05, 0) is 37.8 Å². The summed E-state index contributed by atoms with van der Waals surface area (Å²) in [5, 5.41) is 0. The first kappa shape index (κ1) is 10.7. The van der Waals surface area contributed by atoms with Gasteiger partial charge in [-0.15, -0.1) is 11.3 Å². The van der Waals surface area contributed by atoms with Crippen molar-refractivity contribution < 1.29 is 0 Å². The van der Waals surface area contributed by atoms with Crippen LogP contribution < -0.4 is 5.73 Å². The molecule has 74 valence electrons. The van der Waals surface area contributed by atoms with Crippen LogP contribution in [0.25, 0.3) is 0 Å². The average Bonchev–Trinajstić information content (AvgIpc) is 2.33. The minimum absolute atomic E-state index is 0.283. The Labute approximate surface area is 85.0 Å². The van der Waals surface area contributed by atoms with Gasteiger partial charge in [-0.2, -0.15) is 0 Å². The maximum absolute atomic E-state index is 5.74. The van der Waals surface area contributed by atoms with E-state index in [1.54, 1.807) is 0 Å². The summed E-state index contributed by atoms with van der Waals surface area (Å²) in [4.78, 5) is 2.91. The summed E-state index contributed by atoms with van der Waals surface area (Å²) in [5.74, 6) is 0.752. The predicted octanol–water partition coefficient (Wildman–Crippen LogP) is 2.84. The van der Waals surface area contributed by atoms with Crippen LogP contribution >= 0.6 is 11.3 Å². The summed E-state index contributed by atoms with van der Waals surface area (Å²) in [7, 11) is 0. The smallest absolute Gasteiger partial charge is 0.00634 e. The van der Waals surface area contributed by atoms with Gasteiger partial charge in [0.05, 0.1) is 0 Å². The lowest BCUT2D eigenvalue weighted by molar-refractivity contribution is 0.654. The lowest BCUT2D eigenvalue weighted by Gasteiger charge is -2.01. The van der Waals surface area contributed by atoms with Gasteiger partial charge in [-0.25, -0.2) is 0 Å². The number of thiophene rings is 1. The largest absolute Gasteiger partial charge is 0.328 e. The molecular formula is C11H19NS. The highest BCUT2D eigenvalue weighted by atomic mass is 32.1. The van der Waals surface area contributed by atoms with Crippen molar-refractivity contribution in [3.05, 3.63) is 21.9 Å². The fraction of sp³-hybridized carbons (Fsp3) is 0.636. The Hall–Kier alpha value is -0.340. The first-order chi connectivity index (χ1) is 6.08. The standard InChI is InChI=1S/C11H19NS/c1-8(2)6-10-4-5-11(13-10)7-9(3)12/h4-5,8-9H,6-7,12H2,1-3H3. The molecule has 2 N–H and O–H groups in total. The molecule has 0 aliphatic heterocycles. The van der Waals surface area contributed by atoms with E-state index in [2.05, 4.69) is 32.9 Å². The molecule has 0 amide bonds. The molecule has 2 heteroatoms. The minimum Gasteiger partial charge on any atom is -0.328 e. The molecule has 0 aliphatic carbocycles. The summed E-state index contributed by atoms with van der Waals surface area (Å²) >= 11 is 1.91. The minimum atomic E-state index is 0.283. The van der Waals surface area contributed by atoms with E-state index >= 15 is 0 Å². The van der Waals surface area contributed by atoms with Crippen molar-refractivity contribution in [1.29, 1.82) is 0 Å². The lowest BCUT2D eigenvalue weighted by Crippen LogP contribution is -2.16. The SMILES string of the molecule is CC(C)Cc1ccc(CC(C)N)s1. The van der Waals surface area contributed by atoms with Crippen LogP contribution in [-0.2, 0) is 12.8 Å². The Bertz CT molecular complexity index is 226. The molecule has 1 rings (SSSR count). The van der Waals surface area contributed by atoms with E-state index in [0.29, 0.717) is 0 Å². The van der Waals surface area contributed by atoms with E-state index in [-0.39, 0.29) is 6.04 Å². The Morgan fingerprint density at radius 1 is 1.15 bits per heavy atom. The second kappa shape index (κ2) is 4.77. The van der Waals surface area contributed by atoms with Gasteiger partial charge >= 0.3 is 0 Å². The van der Waals surface area contributed by atoms with Crippen molar-refractivity contribution in [2.45, 2.75) is 39.7 Å². The lowest BCUT2D eigenvalue weighted by atomic mass is 10.1. The molecule has 0 aliphatic rings. The van der Waals surface area contributed by atoms with Crippen LogP contribution in [0.3, 0.4) is 0 Å². The molecule has 1 aromatic rings. The fourth-order valence-corrected chi connectivity index (χ4v) is 2.73. The van der Waals surface area contributed by atoms with Crippen molar-refractivity contribution >= 4 is 11.3 Å². The zero-order chi connectivity index (χ0) is 9.84. The number of nitrogens with two attached hydrogens (primary N) is 1. The highest BCUT2D eigenvalue weighted by Crippen LogP contribution is 2.20. The van der Waals surface area contributed by atoms with E-state index < -0.39 is 0 Å². The van der Waals surface area contributed by atoms with Gasteiger partial charge in [0.15, 0.2) is 0 Å². The van der Waals surface area contributed by atoms with Crippen molar-refractivity contribution in [1.82, 2.24) is 0 Å². The average molecular weight is 197 g/mol. The summed E-state index contributed by atoms with van der Waals surface area (Å²) in [6.45, 7) is 6.57. The van der Waals surface area contributed by atoms with Crippen molar-refractivity contribution in [2.75, 3.05) is 0 Å². The molecule has 0 spiro atoms. The van der Waals surface area contributed by atoms with Crippen LogP contribution in [0.1, 0.15) is 30.5 Å². The third kappa shape index (κ3) is 3.92. The van der Waals surface area contributed by atoms with Crippen LogP contribution in [0.5, 0.6) is 0 Å². The fourth-order valence-electron chi connectivity index (χ4n) is 1.36. The van der Waals surface area contributed by atoms with Gasteiger partial charge in [0.25, 0.3) is 0 Å². The van der Waals surface area contributed by atoms with E-state index in [1.165, 1.54) is 16.2 Å². The van der Waals surface area contributed by atoms with Crippen LogP contribution in [0, 0.1) is 5.92 Å². The van der Waals surface area contributed by atoms with Crippen LogP contribution in [0.15, 0.2) is 12.1 Å². The number of rotatable bonds is 4. The van der Waals surface area contributed by atoms with Crippen molar-refractivity contribution in [2.24, 2.45) is 11.7 Å². The topological polar surface area (TPSA) is 26.0 Å². The third-order valence-electron chi connectivity index (χ3n) is 1.85. The molecular weight excluding hydrogens is 178 g/mol. The van der Waals surface area contributed by atoms with Crippen LogP contribution in [0.2, 0.25) is 0 Å². The molecule has 0 bridgehead atoms. The Balaban J connectivity index is 2.53. The summed E-state index contributed by atoms with van der Waals surface area (Å²) < 4.78 is 0. The van der Waals surface area contributed by atoms with Gasteiger partial charge in [0.1, 0.15) is 0 Å². The second-order valence-electron chi connectivity index (χ2n) is 4.15. The Morgan fingerprint density at radius 3 is 2.15 bits per heavy atom. The predicted molar refractivity (Wildman–Crippen MR) is 60.2 cm³/mol. The molecule has 0 radical (unpaired) electrons. The van der Waals surface area contributed by atoms with E-state index in [9.17, 15) is 0 Å². The maximum atomic E-state index is 5.74. The molecule has 0 aromatic carbocycles. The molecule has 1 atom stereocenters. The van der Waals surface area contributed by atoms with Gasteiger partial charge in [0.2, 0.25) is 0 Å². The normalized spacial score (nSPS) is 13.6. The summed E-state index contributed by atoms with van der Waals surface area (Å²) in [5.41, 5.74) is 5.74. The summed E-state index contributed by atoms with van der Waals surface area (Å²) in [6.07, 6.45) is 2.21. The zero-order valence-corrected chi connectivity index (χ0v) is 9.53. The van der Waals surface area contributed by atoms with Gasteiger partial charge < -0.3 is 5.73 Å². The van der Waals surface area contributed by atoms with Crippen LogP contribution in [-0.4, -0.2) is 6.04 Å². The van der Waals surface area contributed by atoms with E-state index in [4.69, 9.17) is 5.73 Å². The van der Waals surface area contributed by atoms with E-state index in [1.807, 2.05) is 11.3 Å². The first-order valence-corrected chi connectivity index (χ1v) is 5.72. The van der Waals surface area contributed by atoms with Crippen molar-refractivity contribution in [3.63, 3.8) is 0 Å². The Kier molecular flexibility index (Phi) is 3.94. The highest BCUT2D eigenvalue weighted by molar-refractivity contribution is 7.12. The molecule has 0 saturated heterocycles. The molecule has 0 fully saturated rings. The molecule has 1 nitrogen and oxygen atoms in total. The van der Waals surface area contributed by atoms with E-state index in [0.717, 1.165) is 12.3 Å². The van der Waals surface area contributed by atoms with Gasteiger partial charge in [-0.1, -0.05) is 13.8 Å². The number of hydrogen-bond donors (Lipinski definition) is 1. The van der Waals surface area contributed by atoms with Gasteiger partial charge in [0, 0.05) is 15.8 Å². The molecule has 1 heterocycles. The molecule has 0 saturated carbocycles. The van der Waals surface area contributed by atoms with Crippen molar-refractivity contribution in [3.8, 4) is 0 Å². The molecule has 1 aromatic heterocycles.